The third-order valence-corrected chi connectivity index (χ3v) is 6.75. The first-order valence-corrected chi connectivity index (χ1v) is 10.9. The number of rotatable bonds is 5. The van der Waals surface area contributed by atoms with Gasteiger partial charge in [-0.2, -0.15) is 5.10 Å². The molecule has 7 nitrogen and oxygen atoms in total. The number of carbonyl (C=O) groups excluding carboxylic acids is 1. The predicted octanol–water partition coefficient (Wildman–Crippen LogP) is 2.40. The number of carbonyl (C=O) groups is 1. The second-order valence-electron chi connectivity index (χ2n) is 8.23. The molecule has 4 rings (SSSR count). The van der Waals surface area contributed by atoms with Crippen molar-refractivity contribution in [2.75, 3.05) is 20.2 Å². The molecule has 2 fully saturated rings. The minimum absolute atomic E-state index is 0.00158. The topological polar surface area (TPSA) is 86.2 Å². The van der Waals surface area contributed by atoms with Gasteiger partial charge in [0.15, 0.2) is 16.6 Å². The van der Waals surface area contributed by atoms with Crippen LogP contribution in [0, 0.1) is 17.8 Å². The fourth-order valence-electron chi connectivity index (χ4n) is 4.61. The maximum atomic E-state index is 12.5. The molecule has 3 atom stereocenters. The van der Waals surface area contributed by atoms with E-state index in [-0.39, 0.29) is 17.6 Å². The number of piperidine rings is 1. The van der Waals surface area contributed by atoms with Crippen LogP contribution >= 0.6 is 12.2 Å². The Morgan fingerprint density at radius 1 is 1.30 bits per heavy atom. The van der Waals surface area contributed by atoms with Gasteiger partial charge in [0.2, 0.25) is 5.91 Å². The number of methoxy groups -OCH3 is 1. The number of likely N-dealkylation sites (tertiary alicyclic amines) is 1. The smallest absolute Gasteiger partial charge is 0.243 e. The summed E-state index contributed by atoms with van der Waals surface area (Å²) in [5.74, 6) is 1.49. The third kappa shape index (κ3) is 4.43. The molecule has 1 heterocycles. The molecule has 0 aromatic heterocycles. The molecule has 1 aliphatic heterocycles. The molecule has 3 aliphatic rings. The molecule has 8 heteroatoms. The lowest BCUT2D eigenvalue weighted by Gasteiger charge is -2.35. The van der Waals surface area contributed by atoms with Crippen LogP contribution in [0.4, 0.5) is 0 Å². The van der Waals surface area contributed by atoms with Crippen LogP contribution in [0.1, 0.15) is 31.2 Å². The van der Waals surface area contributed by atoms with Crippen LogP contribution in [-0.4, -0.2) is 53.5 Å². The number of para-hydroxylation sites is 1. The quantitative estimate of drug-likeness (QED) is 0.289. The average Bonchev–Trinajstić information content (AvgIpc) is 3.38. The number of allylic oxidation sites excluding steroid dienone is 1. The van der Waals surface area contributed by atoms with Crippen molar-refractivity contribution < 1.29 is 14.6 Å². The number of ether oxygens (including phenoxy) is 1. The zero-order chi connectivity index (χ0) is 21.1. The van der Waals surface area contributed by atoms with Crippen molar-refractivity contribution in [1.82, 2.24) is 15.6 Å². The summed E-state index contributed by atoms with van der Waals surface area (Å²) in [7, 11) is 1.49. The largest absolute Gasteiger partial charge is 0.504 e. The molecule has 0 spiro atoms. The Morgan fingerprint density at radius 3 is 2.77 bits per heavy atom. The molecule has 3 N–H and O–H groups in total. The van der Waals surface area contributed by atoms with Crippen molar-refractivity contribution in [3.8, 4) is 11.5 Å². The number of thiocarbonyl (C=S) groups is 1. The van der Waals surface area contributed by atoms with E-state index in [1.54, 1.807) is 18.2 Å². The van der Waals surface area contributed by atoms with Gasteiger partial charge in [-0.05, 0) is 61.9 Å². The molecule has 160 valence electrons. The van der Waals surface area contributed by atoms with Gasteiger partial charge in [0.25, 0.3) is 0 Å². The summed E-state index contributed by atoms with van der Waals surface area (Å²) in [5.41, 5.74) is 3.07. The van der Waals surface area contributed by atoms with Crippen molar-refractivity contribution in [2.24, 2.45) is 22.9 Å². The van der Waals surface area contributed by atoms with E-state index in [2.05, 4.69) is 32.9 Å². The molecule has 2 bridgehead atoms. The van der Waals surface area contributed by atoms with E-state index in [1.165, 1.54) is 26.2 Å². The Bertz CT molecular complexity index is 864. The van der Waals surface area contributed by atoms with Crippen LogP contribution in [0.2, 0.25) is 0 Å². The van der Waals surface area contributed by atoms with Crippen LogP contribution in [0.25, 0.3) is 0 Å². The van der Waals surface area contributed by atoms with Gasteiger partial charge in [-0.25, -0.2) is 5.43 Å². The Kier molecular flexibility index (Phi) is 6.22. The van der Waals surface area contributed by atoms with Crippen LogP contribution in [0.3, 0.4) is 0 Å². The molecule has 1 aromatic carbocycles. The fourth-order valence-corrected chi connectivity index (χ4v) is 4.94. The molecule has 2 aliphatic carbocycles. The summed E-state index contributed by atoms with van der Waals surface area (Å²) in [6.45, 7) is 1.53. The summed E-state index contributed by atoms with van der Waals surface area (Å²) >= 11 is 5.62. The fraction of sp³-hybridized carbons (Fsp3) is 0.500. The minimum Gasteiger partial charge on any atom is -0.504 e. The predicted molar refractivity (Wildman–Crippen MR) is 120 cm³/mol. The molecule has 30 heavy (non-hydrogen) atoms. The normalized spacial score (nSPS) is 25.6. The Balaban J connectivity index is 1.22. The number of benzene rings is 1. The number of nitrogens with zero attached hydrogens (tertiary/aromatic N) is 2. The van der Waals surface area contributed by atoms with Gasteiger partial charge in [0, 0.05) is 30.6 Å². The number of nitrogens with one attached hydrogen (secondary N) is 2. The van der Waals surface area contributed by atoms with Crippen molar-refractivity contribution in [3.63, 3.8) is 0 Å². The van der Waals surface area contributed by atoms with Gasteiger partial charge in [0.1, 0.15) is 0 Å². The number of fused-ring (bicyclic) bond motifs is 2. The lowest BCUT2D eigenvalue weighted by molar-refractivity contribution is -0.126. The molecule has 1 aromatic rings. The van der Waals surface area contributed by atoms with E-state index in [9.17, 15) is 9.90 Å². The van der Waals surface area contributed by atoms with E-state index in [1.807, 2.05) is 0 Å². The number of hydrogen-bond acceptors (Lipinski definition) is 5. The number of aromatic hydroxyl groups is 1. The first-order chi connectivity index (χ1) is 14.5. The number of phenolic OH excluding ortho intramolecular Hbond substituents is 1. The van der Waals surface area contributed by atoms with Gasteiger partial charge in [-0.15, -0.1) is 0 Å². The van der Waals surface area contributed by atoms with Gasteiger partial charge in [-0.1, -0.05) is 18.2 Å². The van der Waals surface area contributed by atoms with Gasteiger partial charge in [-0.3, -0.25) is 4.79 Å². The first kappa shape index (κ1) is 20.7. The minimum atomic E-state index is -0.106. The van der Waals surface area contributed by atoms with Crippen molar-refractivity contribution in [2.45, 2.75) is 31.7 Å². The third-order valence-electron chi connectivity index (χ3n) is 6.37. The zero-order valence-electron chi connectivity index (χ0n) is 17.1. The van der Waals surface area contributed by atoms with Gasteiger partial charge < -0.3 is 20.1 Å². The summed E-state index contributed by atoms with van der Waals surface area (Å²) in [5, 5.41) is 18.4. The summed E-state index contributed by atoms with van der Waals surface area (Å²) in [6, 6.07) is 5.57. The Hall–Kier alpha value is -2.61. The maximum Gasteiger partial charge on any atom is 0.243 e. The van der Waals surface area contributed by atoms with Gasteiger partial charge in [0.05, 0.1) is 13.3 Å². The second-order valence-corrected chi connectivity index (χ2v) is 8.62. The highest BCUT2D eigenvalue weighted by atomic mass is 32.1. The van der Waals surface area contributed by atoms with Crippen molar-refractivity contribution in [3.05, 3.63) is 35.9 Å². The van der Waals surface area contributed by atoms with Crippen molar-refractivity contribution >= 4 is 29.5 Å². The Labute approximate surface area is 182 Å². The molecule has 1 saturated heterocycles. The standard InChI is InChI=1S/C22H28N4O3S/c1-29-19-4-2-3-17(20(19)27)13-23-25-21(28)15-7-9-26(10-8-15)22(30)24-18-12-14-5-6-16(18)11-14/h2-6,13-16,18,27H,7-12H2,1H3,(H,24,30)(H,25,28)/b23-13+/t14-,16-,18-/m0/s1. The maximum absolute atomic E-state index is 12.5. The van der Waals surface area contributed by atoms with E-state index in [4.69, 9.17) is 17.0 Å². The number of amides is 1. The van der Waals surface area contributed by atoms with Gasteiger partial charge >= 0.3 is 0 Å². The summed E-state index contributed by atoms with van der Waals surface area (Å²) in [4.78, 5) is 14.6. The monoisotopic (exact) mass is 428 g/mol. The second kappa shape index (κ2) is 9.04. The molecule has 1 amide bonds. The highest BCUT2D eigenvalue weighted by Gasteiger charge is 2.36. The number of phenols is 1. The SMILES string of the molecule is COc1cccc(/C=N/NC(=O)C2CCN(C(=S)N[C@H]3C[C@H]4C=C[C@H]3C4)CC2)c1O. The molecular formula is C22H28N4O3S. The molecule has 0 unspecified atom stereocenters. The summed E-state index contributed by atoms with van der Waals surface area (Å²) in [6.07, 6.45) is 9.96. The number of hydrazone groups is 1. The number of hydrogen-bond donors (Lipinski definition) is 3. The highest BCUT2D eigenvalue weighted by molar-refractivity contribution is 7.80. The van der Waals surface area contributed by atoms with Crippen molar-refractivity contribution in [1.29, 1.82) is 0 Å². The zero-order valence-corrected chi connectivity index (χ0v) is 17.9. The van der Waals surface area contributed by atoms with E-state index in [0.29, 0.717) is 29.2 Å². The average molecular weight is 429 g/mol. The lowest BCUT2D eigenvalue weighted by Crippen LogP contribution is -2.49. The molecule has 1 saturated carbocycles. The van der Waals surface area contributed by atoms with E-state index < -0.39 is 0 Å². The van der Waals surface area contributed by atoms with Crippen LogP contribution in [0.5, 0.6) is 11.5 Å². The first-order valence-electron chi connectivity index (χ1n) is 10.5. The summed E-state index contributed by atoms with van der Waals surface area (Å²) < 4.78 is 5.07. The molecular weight excluding hydrogens is 400 g/mol. The molecule has 0 radical (unpaired) electrons. The lowest BCUT2D eigenvalue weighted by atomic mass is 9.96. The Morgan fingerprint density at radius 2 is 2.10 bits per heavy atom. The van der Waals surface area contributed by atoms with Crippen LogP contribution in [0.15, 0.2) is 35.5 Å². The van der Waals surface area contributed by atoms with Crippen LogP contribution < -0.4 is 15.5 Å². The van der Waals surface area contributed by atoms with E-state index in [0.717, 1.165) is 31.0 Å². The van der Waals surface area contributed by atoms with Crippen LogP contribution in [-0.2, 0) is 4.79 Å². The van der Waals surface area contributed by atoms with E-state index >= 15 is 0 Å². The highest BCUT2D eigenvalue weighted by Crippen LogP contribution is 2.39.